The molecule has 0 aliphatic carbocycles. The van der Waals surface area contributed by atoms with Gasteiger partial charge in [0.05, 0.1) is 22.7 Å². The number of anilines is 4. The number of nitrogens with two attached hydrogens (primary N) is 3. The lowest BCUT2D eigenvalue weighted by Gasteiger charge is -2.25. The summed E-state index contributed by atoms with van der Waals surface area (Å²) in [6.07, 6.45) is 0. The Morgan fingerprint density at radius 2 is 1.19 bits per heavy atom. The summed E-state index contributed by atoms with van der Waals surface area (Å²) in [4.78, 5) is 26.2. The highest BCUT2D eigenvalue weighted by Crippen LogP contribution is 2.35. The fourth-order valence-electron chi connectivity index (χ4n) is 2.67. The molecule has 2 amide bonds. The number of benzene rings is 3. The van der Waals surface area contributed by atoms with Crippen molar-refractivity contribution in [2.24, 2.45) is 5.73 Å². The van der Waals surface area contributed by atoms with Crippen LogP contribution in [0.15, 0.2) is 72.8 Å². The van der Waals surface area contributed by atoms with Crippen molar-refractivity contribution in [3.05, 3.63) is 83.9 Å². The molecule has 0 saturated heterocycles. The van der Waals surface area contributed by atoms with Gasteiger partial charge < -0.3 is 17.2 Å². The van der Waals surface area contributed by atoms with Gasteiger partial charge in [-0.1, -0.05) is 30.3 Å². The van der Waals surface area contributed by atoms with Crippen LogP contribution in [0.25, 0.3) is 0 Å². The first-order valence-corrected chi connectivity index (χ1v) is 7.92. The number of hydrogen-bond donors (Lipinski definition) is 3. The van der Waals surface area contributed by atoms with E-state index < -0.39 is 5.91 Å². The van der Waals surface area contributed by atoms with Gasteiger partial charge in [-0.3, -0.25) is 14.5 Å². The molecule has 0 spiro atoms. The van der Waals surface area contributed by atoms with Crippen LogP contribution in [0.5, 0.6) is 0 Å². The Morgan fingerprint density at radius 1 is 0.692 bits per heavy atom. The Morgan fingerprint density at radius 3 is 1.69 bits per heavy atom. The summed E-state index contributed by atoms with van der Waals surface area (Å²) < 4.78 is 0. The van der Waals surface area contributed by atoms with Gasteiger partial charge in [-0.05, 0) is 42.5 Å². The van der Waals surface area contributed by atoms with E-state index in [2.05, 4.69) is 0 Å². The average molecular weight is 346 g/mol. The van der Waals surface area contributed by atoms with Crippen molar-refractivity contribution in [3.63, 3.8) is 0 Å². The zero-order chi connectivity index (χ0) is 18.7. The summed E-state index contributed by atoms with van der Waals surface area (Å²) in [6.45, 7) is 0. The second-order valence-electron chi connectivity index (χ2n) is 5.70. The molecule has 3 rings (SSSR count). The molecule has 0 radical (unpaired) electrons. The number of carbonyl (C=O) groups is 2. The van der Waals surface area contributed by atoms with E-state index in [1.54, 1.807) is 66.7 Å². The van der Waals surface area contributed by atoms with E-state index >= 15 is 0 Å². The van der Waals surface area contributed by atoms with E-state index in [-0.39, 0.29) is 11.5 Å². The second kappa shape index (κ2) is 6.98. The number of rotatable bonds is 4. The number of nitrogens with zero attached hydrogens (tertiary/aromatic N) is 1. The Balaban J connectivity index is 2.17. The van der Waals surface area contributed by atoms with Crippen LogP contribution in [0.3, 0.4) is 0 Å². The highest BCUT2D eigenvalue weighted by atomic mass is 16.2. The molecule has 0 bridgehead atoms. The van der Waals surface area contributed by atoms with Crippen LogP contribution in [0.2, 0.25) is 0 Å². The number of nitrogen functional groups attached to an aromatic ring is 2. The fourth-order valence-corrected chi connectivity index (χ4v) is 2.67. The Bertz CT molecular complexity index is 939. The summed E-state index contributed by atoms with van der Waals surface area (Å²) >= 11 is 0. The van der Waals surface area contributed by atoms with E-state index in [4.69, 9.17) is 17.2 Å². The van der Waals surface area contributed by atoms with Crippen molar-refractivity contribution in [1.29, 1.82) is 0 Å². The average Bonchev–Trinajstić information content (AvgIpc) is 2.65. The van der Waals surface area contributed by atoms with E-state index in [0.29, 0.717) is 28.3 Å². The van der Waals surface area contributed by atoms with E-state index in [9.17, 15) is 9.59 Å². The molecule has 3 aromatic carbocycles. The van der Waals surface area contributed by atoms with E-state index in [0.717, 1.165) is 0 Å². The lowest BCUT2D eigenvalue weighted by molar-refractivity contribution is 0.0998. The molecular weight excluding hydrogens is 328 g/mol. The number of hydrogen-bond acceptors (Lipinski definition) is 4. The lowest BCUT2D eigenvalue weighted by atomic mass is 10.1. The zero-order valence-electron chi connectivity index (χ0n) is 13.9. The molecule has 0 unspecified atom stereocenters. The van der Waals surface area contributed by atoms with Gasteiger partial charge in [0, 0.05) is 11.1 Å². The maximum absolute atomic E-state index is 13.3. The SMILES string of the molecule is NC(=O)c1cccc(C(=O)N(c2ccccc2N)c2ccccc2N)c1. The van der Waals surface area contributed by atoms with Crippen LogP contribution >= 0.6 is 0 Å². The summed E-state index contributed by atoms with van der Waals surface area (Å²) in [6, 6.07) is 20.2. The molecule has 26 heavy (non-hydrogen) atoms. The molecule has 6 heteroatoms. The second-order valence-corrected chi connectivity index (χ2v) is 5.70. The van der Waals surface area contributed by atoms with Gasteiger partial charge in [-0.25, -0.2) is 0 Å². The first-order chi connectivity index (χ1) is 12.5. The van der Waals surface area contributed by atoms with E-state index in [1.807, 2.05) is 0 Å². The fraction of sp³-hybridized carbons (Fsp3) is 0. The standard InChI is InChI=1S/C20H18N4O2/c21-15-8-1-3-10-17(15)24(18-11-4-2-9-16(18)22)20(26)14-7-5-6-13(12-14)19(23)25/h1-12H,21-22H2,(H2,23,25). The number of amides is 2. The lowest BCUT2D eigenvalue weighted by Crippen LogP contribution is -2.28. The molecule has 6 nitrogen and oxygen atoms in total. The molecule has 0 saturated carbocycles. The van der Waals surface area contributed by atoms with Crippen LogP contribution in [0, 0.1) is 0 Å². The van der Waals surface area contributed by atoms with Gasteiger partial charge >= 0.3 is 0 Å². The van der Waals surface area contributed by atoms with Crippen LogP contribution in [-0.2, 0) is 0 Å². The summed E-state index contributed by atoms with van der Waals surface area (Å²) in [5, 5.41) is 0. The molecule has 0 aliphatic heterocycles. The first-order valence-electron chi connectivity index (χ1n) is 7.92. The largest absolute Gasteiger partial charge is 0.397 e. The number of para-hydroxylation sites is 4. The van der Waals surface area contributed by atoms with Crippen molar-refractivity contribution in [2.75, 3.05) is 16.4 Å². The van der Waals surface area contributed by atoms with E-state index in [1.165, 1.54) is 11.0 Å². The van der Waals surface area contributed by atoms with Gasteiger partial charge in [0.15, 0.2) is 0 Å². The normalized spacial score (nSPS) is 10.3. The monoisotopic (exact) mass is 346 g/mol. The van der Waals surface area contributed by atoms with Gasteiger partial charge in [-0.15, -0.1) is 0 Å². The topological polar surface area (TPSA) is 115 Å². The maximum Gasteiger partial charge on any atom is 0.262 e. The highest BCUT2D eigenvalue weighted by Gasteiger charge is 2.23. The Kier molecular flexibility index (Phi) is 4.57. The van der Waals surface area contributed by atoms with Crippen LogP contribution in [0.1, 0.15) is 20.7 Å². The van der Waals surface area contributed by atoms with Crippen molar-refractivity contribution in [1.82, 2.24) is 0 Å². The minimum absolute atomic E-state index is 0.248. The van der Waals surface area contributed by atoms with Crippen molar-refractivity contribution in [2.45, 2.75) is 0 Å². The zero-order valence-corrected chi connectivity index (χ0v) is 13.9. The van der Waals surface area contributed by atoms with Crippen LogP contribution in [-0.4, -0.2) is 11.8 Å². The quantitative estimate of drug-likeness (QED) is 0.630. The molecule has 3 aromatic rings. The molecular formula is C20H18N4O2. The predicted molar refractivity (Wildman–Crippen MR) is 103 cm³/mol. The molecule has 6 N–H and O–H groups in total. The van der Waals surface area contributed by atoms with Crippen LogP contribution < -0.4 is 22.1 Å². The maximum atomic E-state index is 13.3. The molecule has 0 aromatic heterocycles. The van der Waals surface area contributed by atoms with Crippen molar-refractivity contribution < 1.29 is 9.59 Å². The highest BCUT2D eigenvalue weighted by molar-refractivity contribution is 6.14. The molecule has 0 heterocycles. The third-order valence-corrected chi connectivity index (χ3v) is 3.95. The third-order valence-electron chi connectivity index (χ3n) is 3.95. The van der Waals surface area contributed by atoms with Crippen molar-refractivity contribution >= 4 is 34.6 Å². The minimum Gasteiger partial charge on any atom is -0.397 e. The van der Waals surface area contributed by atoms with Gasteiger partial charge in [0.25, 0.3) is 5.91 Å². The van der Waals surface area contributed by atoms with Gasteiger partial charge in [0.1, 0.15) is 0 Å². The molecule has 130 valence electrons. The Labute approximate surface area is 150 Å². The third kappa shape index (κ3) is 3.21. The van der Waals surface area contributed by atoms with Gasteiger partial charge in [0.2, 0.25) is 5.91 Å². The van der Waals surface area contributed by atoms with Gasteiger partial charge in [-0.2, -0.15) is 0 Å². The van der Waals surface area contributed by atoms with Crippen molar-refractivity contribution in [3.8, 4) is 0 Å². The molecule has 0 aliphatic rings. The number of primary amides is 1. The molecule has 0 atom stereocenters. The first kappa shape index (κ1) is 17.0. The summed E-state index contributed by atoms with van der Waals surface area (Å²) in [7, 11) is 0. The molecule has 0 fully saturated rings. The minimum atomic E-state index is -0.607. The Hall–Kier alpha value is -3.80. The van der Waals surface area contributed by atoms with Crippen LogP contribution in [0.4, 0.5) is 22.7 Å². The summed E-state index contributed by atoms with van der Waals surface area (Å²) in [5.74, 6) is -0.978. The predicted octanol–water partition coefficient (Wildman–Crippen LogP) is 2.93. The summed E-state index contributed by atoms with van der Waals surface area (Å²) in [5.41, 5.74) is 19.9. The smallest absolute Gasteiger partial charge is 0.262 e. The number of carbonyl (C=O) groups excluding carboxylic acids is 2.